The lowest BCUT2D eigenvalue weighted by molar-refractivity contribution is -0.131. The predicted molar refractivity (Wildman–Crippen MR) is 85.1 cm³/mol. The topological polar surface area (TPSA) is 41.6 Å². The number of hydrogen-bond acceptors (Lipinski definition) is 3. The Morgan fingerprint density at radius 3 is 2.76 bits per heavy atom. The summed E-state index contributed by atoms with van der Waals surface area (Å²) in [5.74, 6) is 1.26. The minimum Gasteiger partial charge on any atom is -0.497 e. The van der Waals surface area contributed by atoms with Gasteiger partial charge in [0.25, 0.3) is 0 Å². The van der Waals surface area contributed by atoms with Gasteiger partial charge in [0.2, 0.25) is 5.91 Å². The summed E-state index contributed by atoms with van der Waals surface area (Å²) in [7, 11) is 1.63. The van der Waals surface area contributed by atoms with E-state index in [9.17, 15) is 4.79 Å². The highest BCUT2D eigenvalue weighted by Crippen LogP contribution is 2.30. The third kappa shape index (κ3) is 4.35. The van der Waals surface area contributed by atoms with Gasteiger partial charge in [0.15, 0.2) is 0 Å². The van der Waals surface area contributed by atoms with E-state index in [2.05, 4.69) is 12.2 Å². The first-order valence-corrected chi connectivity index (χ1v) is 7.81. The summed E-state index contributed by atoms with van der Waals surface area (Å²) in [5, 5.41) is 3.96. The molecule has 2 rings (SSSR count). The SMILES string of the molecule is COc1ccc(C(C)CCC(=O)N2CCNCC2)c(Cl)c1. The number of nitrogens with one attached hydrogen (secondary N) is 1. The second-order valence-electron chi connectivity index (χ2n) is 5.46. The highest BCUT2D eigenvalue weighted by atomic mass is 35.5. The van der Waals surface area contributed by atoms with Gasteiger partial charge in [-0.25, -0.2) is 0 Å². The fraction of sp³-hybridized carbons (Fsp3) is 0.562. The molecule has 1 heterocycles. The van der Waals surface area contributed by atoms with Crippen LogP contribution in [0, 0.1) is 0 Å². The zero-order valence-electron chi connectivity index (χ0n) is 12.7. The molecule has 1 aliphatic heterocycles. The maximum absolute atomic E-state index is 12.2. The number of halogens is 1. The van der Waals surface area contributed by atoms with Crippen molar-refractivity contribution in [1.82, 2.24) is 10.2 Å². The Morgan fingerprint density at radius 1 is 1.43 bits per heavy atom. The predicted octanol–water partition coefficient (Wildman–Crippen LogP) is 2.66. The van der Waals surface area contributed by atoms with Crippen molar-refractivity contribution in [3.8, 4) is 5.75 Å². The summed E-state index contributed by atoms with van der Waals surface area (Å²) in [5.41, 5.74) is 1.07. The van der Waals surface area contributed by atoms with Crippen molar-refractivity contribution in [2.45, 2.75) is 25.7 Å². The van der Waals surface area contributed by atoms with Crippen LogP contribution in [0.4, 0.5) is 0 Å². The Balaban J connectivity index is 1.89. The fourth-order valence-electron chi connectivity index (χ4n) is 2.60. The molecule has 1 atom stereocenters. The number of ether oxygens (including phenoxy) is 1. The maximum atomic E-state index is 12.2. The lowest BCUT2D eigenvalue weighted by atomic mass is 9.95. The van der Waals surface area contributed by atoms with Gasteiger partial charge in [0, 0.05) is 37.6 Å². The second kappa shape index (κ2) is 7.66. The molecule has 4 nitrogen and oxygen atoms in total. The molecule has 0 aromatic heterocycles. The molecule has 0 radical (unpaired) electrons. The molecule has 1 unspecified atom stereocenters. The van der Waals surface area contributed by atoms with Gasteiger partial charge in [0.05, 0.1) is 7.11 Å². The number of methoxy groups -OCH3 is 1. The van der Waals surface area contributed by atoms with Gasteiger partial charge in [-0.2, -0.15) is 0 Å². The van der Waals surface area contributed by atoms with Crippen molar-refractivity contribution in [3.63, 3.8) is 0 Å². The van der Waals surface area contributed by atoms with Crippen molar-refractivity contribution >= 4 is 17.5 Å². The average Bonchev–Trinajstić information content (AvgIpc) is 2.52. The van der Waals surface area contributed by atoms with Gasteiger partial charge in [0.1, 0.15) is 5.75 Å². The molecule has 1 amide bonds. The molecule has 5 heteroatoms. The van der Waals surface area contributed by atoms with E-state index < -0.39 is 0 Å². The molecule has 1 aromatic carbocycles. The van der Waals surface area contributed by atoms with Crippen LogP contribution in [0.15, 0.2) is 18.2 Å². The van der Waals surface area contributed by atoms with Gasteiger partial charge in [-0.3, -0.25) is 4.79 Å². The first-order valence-electron chi connectivity index (χ1n) is 7.43. The summed E-state index contributed by atoms with van der Waals surface area (Å²) < 4.78 is 5.16. The third-order valence-electron chi connectivity index (χ3n) is 4.00. The highest BCUT2D eigenvalue weighted by Gasteiger charge is 2.18. The highest BCUT2D eigenvalue weighted by molar-refractivity contribution is 6.31. The third-order valence-corrected chi connectivity index (χ3v) is 4.33. The molecule has 1 saturated heterocycles. The Labute approximate surface area is 131 Å². The Hall–Kier alpha value is -1.26. The van der Waals surface area contributed by atoms with E-state index >= 15 is 0 Å². The standard InChI is InChI=1S/C16H23ClN2O2/c1-12(14-5-4-13(21-2)11-15(14)17)3-6-16(20)19-9-7-18-8-10-19/h4-5,11-12,18H,3,6-10H2,1-2H3. The zero-order chi connectivity index (χ0) is 15.2. The summed E-state index contributed by atoms with van der Waals surface area (Å²) in [6.45, 7) is 5.53. The van der Waals surface area contributed by atoms with Crippen LogP contribution in [0.25, 0.3) is 0 Å². The molecule has 1 fully saturated rings. The summed E-state index contributed by atoms with van der Waals surface area (Å²) in [4.78, 5) is 14.1. The van der Waals surface area contributed by atoms with Gasteiger partial charge in [-0.15, -0.1) is 0 Å². The number of hydrogen-bond donors (Lipinski definition) is 1. The van der Waals surface area contributed by atoms with E-state index in [0.717, 1.165) is 43.9 Å². The molecule has 116 valence electrons. The Morgan fingerprint density at radius 2 is 2.14 bits per heavy atom. The molecule has 0 aliphatic carbocycles. The molecular formula is C16H23ClN2O2. The van der Waals surface area contributed by atoms with Crippen molar-refractivity contribution in [2.75, 3.05) is 33.3 Å². The Bertz CT molecular complexity index is 487. The fourth-order valence-corrected chi connectivity index (χ4v) is 2.96. The van der Waals surface area contributed by atoms with E-state index in [-0.39, 0.29) is 11.8 Å². The van der Waals surface area contributed by atoms with Crippen LogP contribution in [0.5, 0.6) is 5.75 Å². The van der Waals surface area contributed by atoms with Crippen LogP contribution in [0.2, 0.25) is 5.02 Å². The summed E-state index contributed by atoms with van der Waals surface area (Å²) >= 11 is 6.28. The molecule has 0 bridgehead atoms. The van der Waals surface area contributed by atoms with Gasteiger partial charge < -0.3 is 15.0 Å². The number of piperazine rings is 1. The number of carbonyl (C=O) groups excluding carboxylic acids is 1. The van der Waals surface area contributed by atoms with Crippen molar-refractivity contribution in [2.24, 2.45) is 0 Å². The van der Waals surface area contributed by atoms with E-state index in [4.69, 9.17) is 16.3 Å². The maximum Gasteiger partial charge on any atom is 0.222 e. The molecule has 1 aromatic rings. The van der Waals surface area contributed by atoms with E-state index in [1.807, 2.05) is 23.1 Å². The zero-order valence-corrected chi connectivity index (χ0v) is 13.4. The van der Waals surface area contributed by atoms with E-state index in [0.29, 0.717) is 11.4 Å². The van der Waals surface area contributed by atoms with Crippen LogP contribution in [0.1, 0.15) is 31.2 Å². The normalized spacial score (nSPS) is 16.6. The quantitative estimate of drug-likeness (QED) is 0.909. The molecule has 1 aliphatic rings. The first-order chi connectivity index (χ1) is 10.1. The number of rotatable bonds is 5. The van der Waals surface area contributed by atoms with Crippen LogP contribution < -0.4 is 10.1 Å². The molecule has 0 spiro atoms. The molecule has 0 saturated carbocycles. The molecule has 21 heavy (non-hydrogen) atoms. The van der Waals surface area contributed by atoms with Gasteiger partial charge in [-0.05, 0) is 30.0 Å². The lowest BCUT2D eigenvalue weighted by Crippen LogP contribution is -2.46. The smallest absolute Gasteiger partial charge is 0.222 e. The largest absolute Gasteiger partial charge is 0.497 e. The van der Waals surface area contributed by atoms with Crippen molar-refractivity contribution in [1.29, 1.82) is 0 Å². The van der Waals surface area contributed by atoms with Gasteiger partial charge >= 0.3 is 0 Å². The van der Waals surface area contributed by atoms with Gasteiger partial charge in [-0.1, -0.05) is 24.6 Å². The monoisotopic (exact) mass is 310 g/mol. The lowest BCUT2D eigenvalue weighted by Gasteiger charge is -2.28. The number of carbonyl (C=O) groups is 1. The molecular weight excluding hydrogens is 288 g/mol. The minimum absolute atomic E-state index is 0.244. The van der Waals surface area contributed by atoms with Crippen molar-refractivity contribution < 1.29 is 9.53 Å². The molecule has 1 N–H and O–H groups in total. The summed E-state index contributed by atoms with van der Waals surface area (Å²) in [6, 6.07) is 5.72. The van der Waals surface area contributed by atoms with Crippen molar-refractivity contribution in [3.05, 3.63) is 28.8 Å². The summed E-state index contributed by atoms with van der Waals surface area (Å²) in [6.07, 6.45) is 1.39. The number of amides is 1. The van der Waals surface area contributed by atoms with Crippen LogP contribution in [0.3, 0.4) is 0 Å². The minimum atomic E-state index is 0.244. The number of benzene rings is 1. The van der Waals surface area contributed by atoms with Crippen LogP contribution in [-0.2, 0) is 4.79 Å². The Kier molecular flexibility index (Phi) is 5.88. The van der Waals surface area contributed by atoms with E-state index in [1.54, 1.807) is 7.11 Å². The first kappa shape index (κ1) is 16.1. The van der Waals surface area contributed by atoms with Crippen LogP contribution in [-0.4, -0.2) is 44.1 Å². The second-order valence-corrected chi connectivity index (χ2v) is 5.87. The van der Waals surface area contributed by atoms with Crippen LogP contribution >= 0.6 is 11.6 Å². The number of nitrogens with zero attached hydrogens (tertiary/aromatic N) is 1. The average molecular weight is 311 g/mol. The van der Waals surface area contributed by atoms with E-state index in [1.165, 1.54) is 0 Å².